The summed E-state index contributed by atoms with van der Waals surface area (Å²) in [6.07, 6.45) is 0.0752. The first-order valence-corrected chi connectivity index (χ1v) is 10.5. The highest BCUT2D eigenvalue weighted by molar-refractivity contribution is 7.89. The molecule has 2 aromatic carbocycles. The van der Waals surface area contributed by atoms with Gasteiger partial charge in [-0.15, -0.1) is 0 Å². The summed E-state index contributed by atoms with van der Waals surface area (Å²) in [5, 5.41) is 0. The van der Waals surface area contributed by atoms with Crippen molar-refractivity contribution in [3.05, 3.63) is 65.2 Å². The molecule has 0 N–H and O–H groups in total. The zero-order valence-electron chi connectivity index (χ0n) is 15.8. The van der Waals surface area contributed by atoms with E-state index < -0.39 is 16.3 Å². The van der Waals surface area contributed by atoms with Crippen LogP contribution >= 0.6 is 0 Å². The van der Waals surface area contributed by atoms with Gasteiger partial charge in [0.05, 0.1) is 17.5 Å². The van der Waals surface area contributed by atoms with Crippen LogP contribution in [0.1, 0.15) is 30.5 Å². The largest absolute Gasteiger partial charge is 0.360 e. The fourth-order valence-electron chi connectivity index (χ4n) is 3.41. The van der Waals surface area contributed by atoms with E-state index in [9.17, 15) is 8.42 Å². The van der Waals surface area contributed by atoms with Crippen LogP contribution in [0, 0.1) is 19.8 Å². The first kappa shape index (κ1) is 19.1. The van der Waals surface area contributed by atoms with Gasteiger partial charge >= 0.3 is 0 Å². The maximum Gasteiger partial charge on any atom is 0.245 e. The molecule has 4 nitrogen and oxygen atoms in total. The number of ether oxygens (including phenoxy) is 1. The first-order valence-electron chi connectivity index (χ1n) is 9.06. The van der Waals surface area contributed by atoms with Crippen LogP contribution in [0.3, 0.4) is 0 Å². The number of hydrogen-bond donors (Lipinski definition) is 0. The monoisotopic (exact) mass is 373 g/mol. The fraction of sp³-hybridized carbons (Fsp3) is 0.429. The average Bonchev–Trinajstić information content (AvgIpc) is 3.00. The van der Waals surface area contributed by atoms with Gasteiger partial charge in [0.15, 0.2) is 0 Å². The number of benzene rings is 2. The second-order valence-corrected chi connectivity index (χ2v) is 9.28. The van der Waals surface area contributed by atoms with Gasteiger partial charge in [-0.05, 0) is 37.5 Å². The highest BCUT2D eigenvalue weighted by atomic mass is 32.2. The van der Waals surface area contributed by atoms with Crippen LogP contribution in [-0.4, -0.2) is 31.6 Å². The number of sulfonamides is 1. The second kappa shape index (κ2) is 7.51. The van der Waals surface area contributed by atoms with Crippen LogP contribution in [0.25, 0.3) is 0 Å². The van der Waals surface area contributed by atoms with Gasteiger partial charge in [-0.25, -0.2) is 8.42 Å². The second-order valence-electron chi connectivity index (χ2n) is 7.44. The normalized spacial score (nSPS) is 21.4. The van der Waals surface area contributed by atoms with Crippen LogP contribution < -0.4 is 0 Å². The molecule has 0 spiro atoms. The Labute approximate surface area is 156 Å². The standard InChI is InChI=1S/C21H27NO3S/c1-15(2)20-14-25-21(13-18-7-5-6-17(4)12-18)22(20)26(23,24)19-10-8-16(3)9-11-19/h5-12,15,20-21H,13-14H2,1-4H3/t20-,21+/m1/s1. The molecule has 0 aliphatic carbocycles. The lowest BCUT2D eigenvalue weighted by atomic mass is 10.1. The molecule has 2 atom stereocenters. The highest BCUT2D eigenvalue weighted by Gasteiger charge is 2.44. The van der Waals surface area contributed by atoms with Crippen molar-refractivity contribution in [3.8, 4) is 0 Å². The van der Waals surface area contributed by atoms with Gasteiger partial charge in [-0.1, -0.05) is 61.4 Å². The van der Waals surface area contributed by atoms with E-state index in [-0.39, 0.29) is 12.0 Å². The van der Waals surface area contributed by atoms with E-state index in [0.29, 0.717) is 17.9 Å². The molecule has 2 aromatic rings. The molecule has 1 saturated heterocycles. The average molecular weight is 374 g/mol. The summed E-state index contributed by atoms with van der Waals surface area (Å²) in [4.78, 5) is 0.327. The third kappa shape index (κ3) is 3.85. The molecule has 0 bridgehead atoms. The molecule has 3 rings (SSSR count). The minimum absolute atomic E-state index is 0.156. The van der Waals surface area contributed by atoms with Crippen molar-refractivity contribution < 1.29 is 13.2 Å². The van der Waals surface area contributed by atoms with Crippen molar-refractivity contribution in [1.29, 1.82) is 0 Å². The Kier molecular flexibility index (Phi) is 5.51. The van der Waals surface area contributed by atoms with Gasteiger partial charge in [-0.2, -0.15) is 4.31 Å². The Hall–Kier alpha value is -1.69. The molecule has 5 heteroatoms. The predicted molar refractivity (Wildman–Crippen MR) is 103 cm³/mol. The Morgan fingerprint density at radius 3 is 2.38 bits per heavy atom. The summed E-state index contributed by atoms with van der Waals surface area (Å²) in [7, 11) is -3.62. The molecule has 0 unspecified atom stereocenters. The van der Waals surface area contributed by atoms with E-state index in [2.05, 4.69) is 6.07 Å². The minimum atomic E-state index is -3.62. The first-order chi connectivity index (χ1) is 12.3. The van der Waals surface area contributed by atoms with Gasteiger partial charge in [0.1, 0.15) is 6.23 Å². The van der Waals surface area contributed by atoms with Gasteiger partial charge in [0.2, 0.25) is 10.0 Å². The van der Waals surface area contributed by atoms with Crippen molar-refractivity contribution in [1.82, 2.24) is 4.31 Å². The quantitative estimate of drug-likeness (QED) is 0.798. The van der Waals surface area contributed by atoms with E-state index in [1.165, 1.54) is 0 Å². The van der Waals surface area contributed by atoms with Crippen LogP contribution in [0.4, 0.5) is 0 Å². The predicted octanol–water partition coefficient (Wildman–Crippen LogP) is 3.92. The summed E-state index contributed by atoms with van der Waals surface area (Å²) in [6, 6.07) is 15.0. The number of hydrogen-bond acceptors (Lipinski definition) is 3. The fourth-order valence-corrected chi connectivity index (χ4v) is 5.24. The van der Waals surface area contributed by atoms with Crippen molar-refractivity contribution >= 4 is 10.0 Å². The lowest BCUT2D eigenvalue weighted by Gasteiger charge is -2.29. The van der Waals surface area contributed by atoms with E-state index in [0.717, 1.165) is 16.7 Å². The van der Waals surface area contributed by atoms with E-state index in [4.69, 9.17) is 4.74 Å². The summed E-state index contributed by atoms with van der Waals surface area (Å²) in [5.41, 5.74) is 3.29. The zero-order chi connectivity index (χ0) is 18.9. The number of rotatable bonds is 5. The smallest absolute Gasteiger partial charge is 0.245 e. The Balaban J connectivity index is 1.96. The summed E-state index contributed by atoms with van der Waals surface area (Å²) < 4.78 is 34.3. The lowest BCUT2D eigenvalue weighted by Crippen LogP contribution is -2.45. The molecular weight excluding hydrogens is 346 g/mol. The van der Waals surface area contributed by atoms with Gasteiger partial charge < -0.3 is 4.74 Å². The molecule has 0 saturated carbocycles. The van der Waals surface area contributed by atoms with Crippen molar-refractivity contribution in [3.63, 3.8) is 0 Å². The Bertz CT molecular complexity index is 859. The zero-order valence-corrected chi connectivity index (χ0v) is 16.7. The van der Waals surface area contributed by atoms with Gasteiger partial charge in [-0.3, -0.25) is 0 Å². The molecular formula is C21H27NO3S. The molecule has 1 heterocycles. The molecule has 0 aromatic heterocycles. The van der Waals surface area contributed by atoms with Crippen molar-refractivity contribution in [2.45, 2.75) is 51.3 Å². The summed E-state index contributed by atoms with van der Waals surface area (Å²) in [6.45, 7) is 8.50. The van der Waals surface area contributed by atoms with E-state index in [1.807, 2.05) is 58.0 Å². The molecule has 140 valence electrons. The van der Waals surface area contributed by atoms with E-state index in [1.54, 1.807) is 16.4 Å². The van der Waals surface area contributed by atoms with Crippen LogP contribution in [0.2, 0.25) is 0 Å². The maximum absolute atomic E-state index is 13.4. The van der Waals surface area contributed by atoms with E-state index >= 15 is 0 Å². The Morgan fingerprint density at radius 1 is 1.08 bits per heavy atom. The molecule has 1 aliphatic heterocycles. The lowest BCUT2D eigenvalue weighted by molar-refractivity contribution is 0.0687. The van der Waals surface area contributed by atoms with Gasteiger partial charge in [0, 0.05) is 6.42 Å². The molecule has 26 heavy (non-hydrogen) atoms. The van der Waals surface area contributed by atoms with Crippen molar-refractivity contribution in [2.24, 2.45) is 5.92 Å². The number of nitrogens with zero attached hydrogens (tertiary/aromatic N) is 1. The van der Waals surface area contributed by atoms with Crippen molar-refractivity contribution in [2.75, 3.05) is 6.61 Å². The Morgan fingerprint density at radius 2 is 1.77 bits per heavy atom. The molecule has 0 amide bonds. The van der Waals surface area contributed by atoms with Crippen LogP contribution in [0.5, 0.6) is 0 Å². The summed E-state index contributed by atoms with van der Waals surface area (Å²) in [5.74, 6) is 0.178. The van der Waals surface area contributed by atoms with Crippen LogP contribution in [-0.2, 0) is 21.2 Å². The van der Waals surface area contributed by atoms with Gasteiger partial charge in [0.25, 0.3) is 0 Å². The number of aryl methyl sites for hydroxylation is 2. The van der Waals surface area contributed by atoms with Crippen LogP contribution in [0.15, 0.2) is 53.4 Å². The maximum atomic E-state index is 13.4. The molecule has 1 aliphatic rings. The third-order valence-electron chi connectivity index (χ3n) is 4.93. The minimum Gasteiger partial charge on any atom is -0.360 e. The third-order valence-corrected chi connectivity index (χ3v) is 6.86. The highest BCUT2D eigenvalue weighted by Crippen LogP contribution is 2.32. The molecule has 1 fully saturated rings. The SMILES string of the molecule is Cc1ccc(S(=O)(=O)N2[C@H](Cc3cccc(C)c3)OC[C@@H]2C(C)C)cc1. The molecule has 0 radical (unpaired) electrons. The summed E-state index contributed by atoms with van der Waals surface area (Å²) >= 11 is 0. The topological polar surface area (TPSA) is 46.6 Å².